The van der Waals surface area contributed by atoms with E-state index in [9.17, 15) is 9.59 Å². The van der Waals surface area contributed by atoms with Gasteiger partial charge < -0.3 is 10.2 Å². The second-order valence-corrected chi connectivity index (χ2v) is 7.03. The van der Waals surface area contributed by atoms with Gasteiger partial charge in [-0.25, -0.2) is 0 Å². The van der Waals surface area contributed by atoms with Gasteiger partial charge in [0.2, 0.25) is 11.8 Å². The van der Waals surface area contributed by atoms with Crippen LogP contribution < -0.4 is 5.32 Å². The third-order valence-corrected chi connectivity index (χ3v) is 4.74. The van der Waals surface area contributed by atoms with Crippen LogP contribution in [0.5, 0.6) is 0 Å². The summed E-state index contributed by atoms with van der Waals surface area (Å²) in [5, 5.41) is 2.97. The number of carbonyl (C=O) groups excluding carboxylic acids is 2. The van der Waals surface area contributed by atoms with Crippen molar-refractivity contribution in [3.8, 4) is 0 Å². The van der Waals surface area contributed by atoms with Crippen molar-refractivity contribution in [1.29, 1.82) is 0 Å². The van der Waals surface area contributed by atoms with Gasteiger partial charge in [0.1, 0.15) is 12.1 Å². The molecule has 0 aromatic rings. The quantitative estimate of drug-likeness (QED) is 0.847. The van der Waals surface area contributed by atoms with E-state index in [-0.39, 0.29) is 29.9 Å². The summed E-state index contributed by atoms with van der Waals surface area (Å²) >= 11 is 0. The highest BCUT2D eigenvalue weighted by Gasteiger charge is 2.43. The molecule has 1 aliphatic carbocycles. The van der Waals surface area contributed by atoms with E-state index in [4.69, 9.17) is 0 Å². The van der Waals surface area contributed by atoms with Gasteiger partial charge in [-0.1, -0.05) is 46.5 Å². The van der Waals surface area contributed by atoms with Crippen molar-refractivity contribution in [2.75, 3.05) is 0 Å². The largest absolute Gasteiger partial charge is 0.342 e. The first kappa shape index (κ1) is 16.3. The van der Waals surface area contributed by atoms with Crippen LogP contribution in [0.2, 0.25) is 0 Å². The van der Waals surface area contributed by atoms with Crippen LogP contribution in [0.4, 0.5) is 0 Å². The Morgan fingerprint density at radius 3 is 2.43 bits per heavy atom. The van der Waals surface area contributed by atoms with Crippen molar-refractivity contribution >= 4 is 11.8 Å². The molecule has 21 heavy (non-hydrogen) atoms. The number of carbonyl (C=O) groups is 2. The van der Waals surface area contributed by atoms with Crippen molar-refractivity contribution in [3.05, 3.63) is 0 Å². The average molecular weight is 294 g/mol. The van der Waals surface area contributed by atoms with E-state index in [0.29, 0.717) is 5.92 Å². The topological polar surface area (TPSA) is 49.4 Å². The first-order chi connectivity index (χ1) is 10.0. The molecule has 0 aromatic heterocycles. The smallest absolute Gasteiger partial charge is 0.246 e. The van der Waals surface area contributed by atoms with E-state index in [1.165, 1.54) is 19.3 Å². The van der Waals surface area contributed by atoms with Crippen LogP contribution in [0.3, 0.4) is 0 Å². The summed E-state index contributed by atoms with van der Waals surface area (Å²) in [6.07, 6.45) is 8.21. The summed E-state index contributed by atoms with van der Waals surface area (Å²) in [6.45, 7) is 6.28. The fourth-order valence-electron chi connectivity index (χ4n) is 3.76. The van der Waals surface area contributed by atoms with Gasteiger partial charge >= 0.3 is 0 Å². The molecule has 4 heteroatoms. The van der Waals surface area contributed by atoms with Crippen LogP contribution in [0.25, 0.3) is 0 Å². The van der Waals surface area contributed by atoms with Crippen molar-refractivity contribution in [1.82, 2.24) is 10.2 Å². The Balaban J connectivity index is 2.18. The third kappa shape index (κ3) is 3.78. The lowest BCUT2D eigenvalue weighted by Gasteiger charge is -2.45. The molecule has 0 spiro atoms. The molecule has 1 saturated carbocycles. The van der Waals surface area contributed by atoms with Crippen molar-refractivity contribution in [3.63, 3.8) is 0 Å². The van der Waals surface area contributed by atoms with Crippen LogP contribution in [-0.2, 0) is 9.59 Å². The molecule has 1 aliphatic heterocycles. The lowest BCUT2D eigenvalue weighted by molar-refractivity contribution is -0.153. The van der Waals surface area contributed by atoms with Crippen LogP contribution in [-0.4, -0.2) is 34.8 Å². The Morgan fingerprint density at radius 1 is 1.19 bits per heavy atom. The van der Waals surface area contributed by atoms with Crippen LogP contribution >= 0.6 is 0 Å². The molecule has 2 atom stereocenters. The molecule has 2 amide bonds. The molecule has 0 bridgehead atoms. The molecule has 0 radical (unpaired) electrons. The summed E-state index contributed by atoms with van der Waals surface area (Å²) < 4.78 is 0. The molecule has 0 aromatic carbocycles. The van der Waals surface area contributed by atoms with E-state index >= 15 is 0 Å². The minimum Gasteiger partial charge on any atom is -0.342 e. The zero-order valence-electron chi connectivity index (χ0n) is 13.7. The molecule has 2 aliphatic rings. The Labute approximate surface area is 128 Å². The summed E-state index contributed by atoms with van der Waals surface area (Å²) in [5.41, 5.74) is 0. The zero-order valence-corrected chi connectivity index (χ0v) is 13.7. The van der Waals surface area contributed by atoms with E-state index in [2.05, 4.69) is 26.1 Å². The van der Waals surface area contributed by atoms with Gasteiger partial charge in [-0.05, 0) is 31.6 Å². The summed E-state index contributed by atoms with van der Waals surface area (Å²) in [5.74, 6) is 0.636. The Hall–Kier alpha value is -1.06. The number of hydrogen-bond acceptors (Lipinski definition) is 2. The van der Waals surface area contributed by atoms with Crippen molar-refractivity contribution in [2.45, 2.75) is 90.3 Å². The van der Waals surface area contributed by atoms with Gasteiger partial charge in [-0.2, -0.15) is 0 Å². The molecule has 2 unspecified atom stereocenters. The first-order valence-corrected chi connectivity index (χ1v) is 8.67. The van der Waals surface area contributed by atoms with Crippen LogP contribution in [0.15, 0.2) is 0 Å². The highest BCUT2D eigenvalue weighted by molar-refractivity contribution is 5.97. The van der Waals surface area contributed by atoms with Gasteiger partial charge in [-0.15, -0.1) is 0 Å². The summed E-state index contributed by atoms with van der Waals surface area (Å²) in [4.78, 5) is 27.3. The van der Waals surface area contributed by atoms with Crippen LogP contribution in [0, 0.1) is 5.92 Å². The normalized spacial score (nSPS) is 28.1. The van der Waals surface area contributed by atoms with E-state index in [1.807, 2.05) is 4.90 Å². The molecule has 2 fully saturated rings. The Kier molecular flexibility index (Phi) is 5.65. The van der Waals surface area contributed by atoms with Gasteiger partial charge in [-0.3, -0.25) is 9.59 Å². The lowest BCUT2D eigenvalue weighted by atomic mass is 9.89. The maximum Gasteiger partial charge on any atom is 0.246 e. The number of hydrogen-bond donors (Lipinski definition) is 1. The average Bonchev–Trinajstić information content (AvgIpc) is 2.45. The van der Waals surface area contributed by atoms with Gasteiger partial charge in [0.25, 0.3) is 0 Å². The van der Waals surface area contributed by atoms with Crippen molar-refractivity contribution < 1.29 is 9.59 Å². The van der Waals surface area contributed by atoms with Gasteiger partial charge in [0.15, 0.2) is 0 Å². The fraction of sp³-hybridized carbons (Fsp3) is 0.882. The monoisotopic (exact) mass is 294 g/mol. The van der Waals surface area contributed by atoms with E-state index in [0.717, 1.165) is 32.1 Å². The Morgan fingerprint density at radius 2 is 1.86 bits per heavy atom. The van der Waals surface area contributed by atoms with E-state index < -0.39 is 0 Å². The van der Waals surface area contributed by atoms with E-state index in [1.54, 1.807) is 0 Å². The summed E-state index contributed by atoms with van der Waals surface area (Å²) in [7, 11) is 0. The zero-order chi connectivity index (χ0) is 15.4. The first-order valence-electron chi connectivity index (χ1n) is 8.67. The number of amides is 2. The number of piperazine rings is 1. The van der Waals surface area contributed by atoms with Gasteiger partial charge in [0, 0.05) is 6.04 Å². The predicted octanol–water partition coefficient (Wildman–Crippen LogP) is 2.86. The second-order valence-electron chi connectivity index (χ2n) is 7.03. The fourth-order valence-corrected chi connectivity index (χ4v) is 3.76. The Bertz CT molecular complexity index is 375. The number of rotatable bonds is 5. The maximum absolute atomic E-state index is 12.9. The molecule has 4 nitrogen and oxygen atoms in total. The van der Waals surface area contributed by atoms with Gasteiger partial charge in [0.05, 0.1) is 0 Å². The molecule has 1 heterocycles. The SMILES string of the molecule is CCCC1C(=O)NC(CC(C)C)C(=O)N1C1CCCCC1. The minimum absolute atomic E-state index is 0.0627. The standard InChI is InChI=1S/C17H30N2O2/c1-4-8-15-16(20)18-14(11-12(2)3)17(21)19(15)13-9-6-5-7-10-13/h12-15H,4-11H2,1-3H3,(H,18,20). The number of nitrogens with zero attached hydrogens (tertiary/aromatic N) is 1. The number of nitrogens with one attached hydrogen (secondary N) is 1. The summed E-state index contributed by atoms with van der Waals surface area (Å²) in [6, 6.07) is -0.273. The predicted molar refractivity (Wildman–Crippen MR) is 83.8 cm³/mol. The highest BCUT2D eigenvalue weighted by Crippen LogP contribution is 2.29. The molecule has 1 saturated heterocycles. The maximum atomic E-state index is 12.9. The molecular weight excluding hydrogens is 264 g/mol. The molecule has 2 rings (SSSR count). The third-order valence-electron chi connectivity index (χ3n) is 4.74. The lowest BCUT2D eigenvalue weighted by Crippen LogP contribution is -2.66. The second kappa shape index (κ2) is 7.28. The minimum atomic E-state index is -0.312. The molecular formula is C17H30N2O2. The molecule has 1 N–H and O–H groups in total. The highest BCUT2D eigenvalue weighted by atomic mass is 16.2. The molecule has 120 valence electrons. The van der Waals surface area contributed by atoms with Crippen LogP contribution in [0.1, 0.15) is 72.1 Å². The van der Waals surface area contributed by atoms with Crippen molar-refractivity contribution in [2.24, 2.45) is 5.92 Å².